The van der Waals surface area contributed by atoms with Gasteiger partial charge in [-0.1, -0.05) is 99.1 Å². The fraction of sp³-hybridized carbons (Fsp3) is 0.229. The van der Waals surface area contributed by atoms with Gasteiger partial charge in [-0.05, 0) is 46.9 Å². The topological polar surface area (TPSA) is 51.5 Å². The lowest BCUT2D eigenvalue weighted by Gasteiger charge is -2.15. The molecule has 4 nitrogen and oxygen atoms in total. The van der Waals surface area contributed by atoms with Crippen LogP contribution in [0.2, 0.25) is 0 Å². The summed E-state index contributed by atoms with van der Waals surface area (Å²) in [6.07, 6.45) is 4.47. The highest BCUT2D eigenvalue weighted by molar-refractivity contribution is 5.92. The number of ether oxygens (including phenoxy) is 1. The predicted molar refractivity (Wildman–Crippen MR) is 159 cm³/mol. The van der Waals surface area contributed by atoms with Crippen molar-refractivity contribution in [1.82, 2.24) is 0 Å². The molecule has 5 aromatic rings. The van der Waals surface area contributed by atoms with E-state index in [2.05, 4.69) is 54.7 Å². The van der Waals surface area contributed by atoms with E-state index in [1.165, 1.54) is 16.5 Å². The molecule has 0 atom stereocenters. The van der Waals surface area contributed by atoms with Crippen molar-refractivity contribution in [1.29, 1.82) is 0 Å². The molecule has 0 saturated carbocycles. The van der Waals surface area contributed by atoms with Crippen molar-refractivity contribution in [2.24, 2.45) is 0 Å². The summed E-state index contributed by atoms with van der Waals surface area (Å²) < 4.78 is 12.4. The van der Waals surface area contributed by atoms with Crippen molar-refractivity contribution in [3.05, 3.63) is 120 Å². The number of para-hydroxylation sites is 1. The van der Waals surface area contributed by atoms with Crippen LogP contribution in [0.4, 0.5) is 5.69 Å². The number of furan rings is 1. The van der Waals surface area contributed by atoms with Crippen molar-refractivity contribution in [3.8, 4) is 16.9 Å². The van der Waals surface area contributed by atoms with Crippen LogP contribution < -0.4 is 10.1 Å². The second kappa shape index (κ2) is 12.5. The zero-order valence-corrected chi connectivity index (χ0v) is 22.7. The maximum absolute atomic E-state index is 12.1. The Balaban J connectivity index is 1.39. The molecule has 1 N–H and O–H groups in total. The van der Waals surface area contributed by atoms with Crippen molar-refractivity contribution in [2.45, 2.75) is 52.6 Å². The highest BCUT2D eigenvalue weighted by atomic mass is 16.5. The molecule has 0 radical (unpaired) electrons. The van der Waals surface area contributed by atoms with Crippen LogP contribution in [0.3, 0.4) is 0 Å². The zero-order valence-electron chi connectivity index (χ0n) is 22.7. The van der Waals surface area contributed by atoms with E-state index in [0.29, 0.717) is 24.5 Å². The Morgan fingerprint density at radius 3 is 2.33 bits per heavy atom. The first-order valence-electron chi connectivity index (χ1n) is 13.8. The number of unbranched alkanes of at least 4 members (excludes halogenated alkanes) is 1. The summed E-state index contributed by atoms with van der Waals surface area (Å²) in [5.74, 6) is 1.72. The van der Waals surface area contributed by atoms with Gasteiger partial charge in [-0.2, -0.15) is 0 Å². The highest BCUT2D eigenvalue weighted by Gasteiger charge is 2.15. The van der Waals surface area contributed by atoms with Crippen LogP contribution in [0.15, 0.2) is 101 Å². The summed E-state index contributed by atoms with van der Waals surface area (Å²) in [5.41, 5.74) is 7.40. The molecule has 4 aromatic carbocycles. The van der Waals surface area contributed by atoms with Gasteiger partial charge in [-0.15, -0.1) is 0 Å². The molecule has 39 heavy (non-hydrogen) atoms. The molecule has 0 bridgehead atoms. The van der Waals surface area contributed by atoms with Crippen LogP contribution in [0.25, 0.3) is 22.1 Å². The maximum atomic E-state index is 12.1. The number of fused-ring (bicyclic) bond motifs is 1. The van der Waals surface area contributed by atoms with Crippen molar-refractivity contribution in [2.75, 3.05) is 5.32 Å². The molecule has 4 heteroatoms. The molecule has 0 aliphatic rings. The van der Waals surface area contributed by atoms with Crippen LogP contribution in [-0.4, -0.2) is 5.91 Å². The second-order valence-electron chi connectivity index (χ2n) is 9.86. The lowest BCUT2D eigenvalue weighted by Crippen LogP contribution is -2.11. The Morgan fingerprint density at radius 2 is 1.56 bits per heavy atom. The predicted octanol–water partition coefficient (Wildman–Crippen LogP) is 8.96. The quantitative estimate of drug-likeness (QED) is 0.190. The third-order valence-corrected chi connectivity index (χ3v) is 7.02. The van der Waals surface area contributed by atoms with Gasteiger partial charge in [0, 0.05) is 30.2 Å². The molecule has 198 valence electrons. The fourth-order valence-electron chi connectivity index (χ4n) is 4.80. The number of aryl methyl sites for hydroxylation is 1. The number of benzene rings is 4. The van der Waals surface area contributed by atoms with E-state index in [4.69, 9.17) is 9.15 Å². The molecule has 0 fully saturated rings. The van der Waals surface area contributed by atoms with E-state index < -0.39 is 0 Å². The minimum atomic E-state index is -0.0401. The van der Waals surface area contributed by atoms with E-state index in [1.807, 2.05) is 61.5 Å². The zero-order chi connectivity index (χ0) is 27.0. The first kappa shape index (κ1) is 26.3. The van der Waals surface area contributed by atoms with Gasteiger partial charge in [-0.3, -0.25) is 4.79 Å². The molecule has 1 heterocycles. The minimum Gasteiger partial charge on any atom is -0.487 e. The molecule has 0 aliphatic heterocycles. The third kappa shape index (κ3) is 6.40. The minimum absolute atomic E-state index is 0.0401. The number of hydrogen-bond acceptors (Lipinski definition) is 3. The van der Waals surface area contributed by atoms with E-state index in [1.54, 1.807) is 0 Å². The average molecular weight is 518 g/mol. The van der Waals surface area contributed by atoms with Gasteiger partial charge in [0.25, 0.3) is 0 Å². The van der Waals surface area contributed by atoms with Crippen LogP contribution >= 0.6 is 0 Å². The number of carbonyl (C=O) groups is 1. The first-order chi connectivity index (χ1) is 19.1. The number of rotatable bonds is 11. The molecular weight excluding hydrogens is 482 g/mol. The molecule has 0 saturated heterocycles. The molecule has 0 unspecified atom stereocenters. The standard InChI is InChI=1S/C35H35NO3/c1-3-5-14-33-30(29-13-9-10-15-32(29)39-33)22-25-16-18-27(19-17-25)28-20-21-31(36-35(37)4-2)34(23-28)38-24-26-11-7-6-8-12-26/h6-13,15-21,23H,3-5,14,22,24H2,1-2H3,(H,36,37). The van der Waals surface area contributed by atoms with Crippen LogP contribution in [0.5, 0.6) is 5.75 Å². The number of carbonyl (C=O) groups excluding carboxylic acids is 1. The van der Waals surface area contributed by atoms with Gasteiger partial charge in [0.2, 0.25) is 5.91 Å². The van der Waals surface area contributed by atoms with Crippen LogP contribution in [0, 0.1) is 0 Å². The average Bonchev–Trinajstić information content (AvgIpc) is 3.33. The molecule has 1 amide bonds. The normalized spacial score (nSPS) is 11.0. The monoisotopic (exact) mass is 517 g/mol. The van der Waals surface area contributed by atoms with E-state index in [0.717, 1.165) is 53.7 Å². The summed E-state index contributed by atoms with van der Waals surface area (Å²) in [4.78, 5) is 12.1. The van der Waals surface area contributed by atoms with Gasteiger partial charge in [0.15, 0.2) is 0 Å². The van der Waals surface area contributed by atoms with Gasteiger partial charge >= 0.3 is 0 Å². The number of anilines is 1. The number of amides is 1. The Labute approximate surface area is 230 Å². The number of nitrogens with one attached hydrogen (secondary N) is 1. The Bertz CT molecular complexity index is 1530. The van der Waals surface area contributed by atoms with E-state index >= 15 is 0 Å². The van der Waals surface area contributed by atoms with Gasteiger partial charge in [0.1, 0.15) is 23.7 Å². The lowest BCUT2D eigenvalue weighted by atomic mass is 9.97. The van der Waals surface area contributed by atoms with E-state index in [9.17, 15) is 4.79 Å². The Kier molecular flexibility index (Phi) is 8.42. The first-order valence-corrected chi connectivity index (χ1v) is 13.8. The smallest absolute Gasteiger partial charge is 0.224 e. The van der Waals surface area contributed by atoms with E-state index in [-0.39, 0.29) is 5.91 Å². The Hall–Kier alpha value is -4.31. The molecule has 1 aromatic heterocycles. The van der Waals surface area contributed by atoms with Gasteiger partial charge < -0.3 is 14.5 Å². The fourth-order valence-corrected chi connectivity index (χ4v) is 4.80. The molecule has 0 aliphatic carbocycles. The summed E-state index contributed by atoms with van der Waals surface area (Å²) in [6.45, 7) is 4.48. The molecule has 0 spiro atoms. The van der Waals surface area contributed by atoms with Gasteiger partial charge in [0.05, 0.1) is 5.69 Å². The van der Waals surface area contributed by atoms with Crippen molar-refractivity contribution in [3.63, 3.8) is 0 Å². The van der Waals surface area contributed by atoms with Crippen LogP contribution in [0.1, 0.15) is 55.6 Å². The lowest BCUT2D eigenvalue weighted by molar-refractivity contribution is -0.115. The largest absolute Gasteiger partial charge is 0.487 e. The van der Waals surface area contributed by atoms with Gasteiger partial charge in [-0.25, -0.2) is 0 Å². The van der Waals surface area contributed by atoms with Crippen LogP contribution in [-0.2, 0) is 24.2 Å². The summed E-state index contributed by atoms with van der Waals surface area (Å²) in [7, 11) is 0. The Morgan fingerprint density at radius 1 is 0.821 bits per heavy atom. The maximum Gasteiger partial charge on any atom is 0.224 e. The number of hydrogen-bond donors (Lipinski definition) is 1. The van der Waals surface area contributed by atoms with Crippen molar-refractivity contribution >= 4 is 22.6 Å². The molecular formula is C35H35NO3. The summed E-state index contributed by atoms with van der Waals surface area (Å²) in [5, 5.41) is 4.18. The summed E-state index contributed by atoms with van der Waals surface area (Å²) >= 11 is 0. The third-order valence-electron chi connectivity index (χ3n) is 7.02. The van der Waals surface area contributed by atoms with Crippen molar-refractivity contribution < 1.29 is 13.9 Å². The second-order valence-corrected chi connectivity index (χ2v) is 9.86. The molecule has 5 rings (SSSR count). The SMILES string of the molecule is CCCCc1oc2ccccc2c1Cc1ccc(-c2ccc(NC(=O)CC)c(OCc3ccccc3)c2)cc1. The highest BCUT2D eigenvalue weighted by Crippen LogP contribution is 2.33. The summed E-state index contributed by atoms with van der Waals surface area (Å²) in [6, 6.07) is 33.0.